The summed E-state index contributed by atoms with van der Waals surface area (Å²) in [4.78, 5) is 16.4. The Bertz CT molecular complexity index is 961. The van der Waals surface area contributed by atoms with Gasteiger partial charge in [-0.25, -0.2) is 0 Å². The Morgan fingerprint density at radius 3 is 2.96 bits per heavy atom. The largest absolute Gasteiger partial charge is 0.454 e. The first-order valence-electron chi connectivity index (χ1n) is 8.40. The van der Waals surface area contributed by atoms with Crippen molar-refractivity contribution in [1.29, 1.82) is 0 Å². The van der Waals surface area contributed by atoms with Crippen LogP contribution in [0.15, 0.2) is 47.9 Å². The Hall–Kier alpha value is -3.07. The molecular formula is C18H17N5O3S. The van der Waals surface area contributed by atoms with E-state index in [-0.39, 0.29) is 18.5 Å². The van der Waals surface area contributed by atoms with E-state index < -0.39 is 0 Å². The van der Waals surface area contributed by atoms with Gasteiger partial charge in [0.15, 0.2) is 22.5 Å². The topological polar surface area (TPSA) is 91.2 Å². The van der Waals surface area contributed by atoms with E-state index >= 15 is 0 Å². The molecule has 0 spiro atoms. The number of hydrogen-bond donors (Lipinski definition) is 1. The summed E-state index contributed by atoms with van der Waals surface area (Å²) in [6, 6.07) is 9.10. The van der Waals surface area contributed by atoms with Gasteiger partial charge >= 0.3 is 0 Å². The zero-order chi connectivity index (χ0) is 18.6. The third kappa shape index (κ3) is 3.72. The van der Waals surface area contributed by atoms with Gasteiger partial charge < -0.3 is 19.4 Å². The third-order valence-corrected chi connectivity index (χ3v) is 4.91. The maximum atomic E-state index is 12.3. The van der Waals surface area contributed by atoms with Gasteiger partial charge in [0.2, 0.25) is 12.7 Å². The van der Waals surface area contributed by atoms with Crippen molar-refractivity contribution in [2.45, 2.75) is 18.6 Å². The molecule has 0 bridgehead atoms. The second-order valence-corrected chi connectivity index (χ2v) is 6.64. The van der Waals surface area contributed by atoms with Crippen LogP contribution in [0.5, 0.6) is 11.5 Å². The number of amides is 1. The van der Waals surface area contributed by atoms with E-state index in [1.54, 1.807) is 30.6 Å². The number of hydrogen-bond acceptors (Lipinski definition) is 7. The maximum Gasteiger partial charge on any atom is 0.234 e. The molecule has 1 amide bonds. The summed E-state index contributed by atoms with van der Waals surface area (Å²) in [5.74, 6) is 2.14. The summed E-state index contributed by atoms with van der Waals surface area (Å²) >= 11 is 1.34. The molecular weight excluding hydrogens is 366 g/mol. The molecule has 9 heteroatoms. The van der Waals surface area contributed by atoms with E-state index in [1.807, 2.05) is 23.6 Å². The van der Waals surface area contributed by atoms with Crippen molar-refractivity contribution in [2.75, 3.05) is 17.9 Å². The predicted molar refractivity (Wildman–Crippen MR) is 101 cm³/mol. The summed E-state index contributed by atoms with van der Waals surface area (Å²) in [5, 5.41) is 12.0. The lowest BCUT2D eigenvalue weighted by Gasteiger charge is -2.08. The molecule has 3 heterocycles. The van der Waals surface area contributed by atoms with Crippen LogP contribution in [-0.2, 0) is 11.3 Å². The van der Waals surface area contributed by atoms with E-state index in [0.717, 1.165) is 11.4 Å². The summed E-state index contributed by atoms with van der Waals surface area (Å²) in [6.45, 7) is 2.91. The van der Waals surface area contributed by atoms with Crippen LogP contribution in [0, 0.1) is 0 Å². The fourth-order valence-electron chi connectivity index (χ4n) is 2.69. The van der Waals surface area contributed by atoms with Crippen molar-refractivity contribution in [3.63, 3.8) is 0 Å². The zero-order valence-electron chi connectivity index (χ0n) is 14.6. The van der Waals surface area contributed by atoms with Crippen LogP contribution in [0.1, 0.15) is 6.92 Å². The lowest BCUT2D eigenvalue weighted by molar-refractivity contribution is -0.113. The molecule has 0 atom stereocenters. The molecule has 0 fully saturated rings. The van der Waals surface area contributed by atoms with Gasteiger partial charge in [-0.15, -0.1) is 10.2 Å². The van der Waals surface area contributed by atoms with Crippen molar-refractivity contribution < 1.29 is 14.3 Å². The van der Waals surface area contributed by atoms with Crippen molar-refractivity contribution >= 4 is 23.4 Å². The molecule has 138 valence electrons. The Morgan fingerprint density at radius 2 is 2.15 bits per heavy atom. The van der Waals surface area contributed by atoms with E-state index in [4.69, 9.17) is 9.47 Å². The number of pyridine rings is 1. The minimum atomic E-state index is -0.132. The van der Waals surface area contributed by atoms with Crippen LogP contribution in [0.2, 0.25) is 0 Å². The second kappa shape index (κ2) is 7.67. The molecule has 8 nitrogen and oxygen atoms in total. The molecule has 3 aromatic rings. The highest BCUT2D eigenvalue weighted by Gasteiger charge is 2.16. The average molecular weight is 383 g/mol. The van der Waals surface area contributed by atoms with E-state index in [0.29, 0.717) is 28.9 Å². The van der Waals surface area contributed by atoms with Crippen LogP contribution >= 0.6 is 11.8 Å². The number of rotatable bonds is 6. The van der Waals surface area contributed by atoms with E-state index in [1.165, 1.54) is 11.8 Å². The minimum absolute atomic E-state index is 0.132. The number of nitrogens with one attached hydrogen (secondary N) is 1. The van der Waals surface area contributed by atoms with Crippen molar-refractivity contribution in [1.82, 2.24) is 19.7 Å². The molecule has 1 aliphatic rings. The Kier molecular flexibility index (Phi) is 4.93. The third-order valence-electron chi connectivity index (χ3n) is 3.94. The highest BCUT2D eigenvalue weighted by Crippen LogP contribution is 2.34. The Balaban J connectivity index is 1.41. The van der Waals surface area contributed by atoms with Crippen LogP contribution in [0.4, 0.5) is 5.69 Å². The van der Waals surface area contributed by atoms with Gasteiger partial charge in [0, 0.05) is 36.3 Å². The van der Waals surface area contributed by atoms with E-state index in [9.17, 15) is 4.79 Å². The number of anilines is 1. The van der Waals surface area contributed by atoms with Crippen LogP contribution < -0.4 is 14.8 Å². The van der Waals surface area contributed by atoms with Crippen LogP contribution in [-0.4, -0.2) is 38.2 Å². The summed E-state index contributed by atoms with van der Waals surface area (Å²) in [7, 11) is 0. The van der Waals surface area contributed by atoms with Crippen molar-refractivity contribution in [2.24, 2.45) is 0 Å². The maximum absolute atomic E-state index is 12.3. The number of nitrogens with zero attached hydrogens (tertiary/aromatic N) is 4. The first kappa shape index (κ1) is 17.3. The fraction of sp³-hybridized carbons (Fsp3) is 0.222. The van der Waals surface area contributed by atoms with Gasteiger partial charge in [-0.1, -0.05) is 11.8 Å². The number of fused-ring (bicyclic) bond motifs is 1. The summed E-state index contributed by atoms with van der Waals surface area (Å²) in [5.41, 5.74) is 1.56. The Morgan fingerprint density at radius 1 is 1.26 bits per heavy atom. The lowest BCUT2D eigenvalue weighted by Crippen LogP contribution is -2.14. The minimum Gasteiger partial charge on any atom is -0.454 e. The fourth-order valence-corrected chi connectivity index (χ4v) is 3.49. The van der Waals surface area contributed by atoms with Gasteiger partial charge in [-0.05, 0) is 31.2 Å². The molecule has 1 aromatic carbocycles. The highest BCUT2D eigenvalue weighted by atomic mass is 32.2. The van der Waals surface area contributed by atoms with Gasteiger partial charge in [-0.3, -0.25) is 9.78 Å². The SMILES string of the molecule is CCn1c(SCC(=O)Nc2ccc3c(c2)OCO3)nnc1-c1cccnc1. The predicted octanol–water partition coefficient (Wildman–Crippen LogP) is 2.82. The first-order valence-corrected chi connectivity index (χ1v) is 9.39. The lowest BCUT2D eigenvalue weighted by atomic mass is 10.3. The molecule has 27 heavy (non-hydrogen) atoms. The van der Waals surface area contributed by atoms with Crippen molar-refractivity contribution in [3.8, 4) is 22.9 Å². The zero-order valence-corrected chi connectivity index (χ0v) is 15.4. The number of aromatic nitrogens is 4. The number of carbonyl (C=O) groups excluding carboxylic acids is 1. The van der Waals surface area contributed by atoms with Gasteiger partial charge in [-0.2, -0.15) is 0 Å². The van der Waals surface area contributed by atoms with Crippen LogP contribution in [0.25, 0.3) is 11.4 Å². The Labute approximate surface area is 159 Å². The van der Waals surface area contributed by atoms with E-state index in [2.05, 4.69) is 20.5 Å². The van der Waals surface area contributed by atoms with Gasteiger partial charge in [0.1, 0.15) is 0 Å². The van der Waals surface area contributed by atoms with Gasteiger partial charge in [0.25, 0.3) is 0 Å². The van der Waals surface area contributed by atoms with Gasteiger partial charge in [0.05, 0.1) is 5.75 Å². The molecule has 1 aliphatic heterocycles. The number of benzene rings is 1. The smallest absolute Gasteiger partial charge is 0.234 e. The second-order valence-electron chi connectivity index (χ2n) is 5.70. The number of carbonyl (C=O) groups is 1. The molecule has 1 N–H and O–H groups in total. The molecule has 2 aromatic heterocycles. The normalized spacial score (nSPS) is 12.2. The highest BCUT2D eigenvalue weighted by molar-refractivity contribution is 7.99. The average Bonchev–Trinajstić information content (AvgIpc) is 3.33. The summed E-state index contributed by atoms with van der Waals surface area (Å²) in [6.07, 6.45) is 3.46. The molecule has 0 aliphatic carbocycles. The quantitative estimate of drug-likeness (QED) is 0.655. The monoisotopic (exact) mass is 383 g/mol. The first-order chi connectivity index (χ1) is 13.2. The summed E-state index contributed by atoms with van der Waals surface area (Å²) < 4.78 is 12.6. The molecule has 0 saturated heterocycles. The standard InChI is InChI=1S/C18H17N5O3S/c1-2-23-17(12-4-3-7-19-9-12)21-22-18(23)27-10-16(24)20-13-5-6-14-15(8-13)26-11-25-14/h3-9H,2,10-11H2,1H3,(H,20,24). The molecule has 0 radical (unpaired) electrons. The molecule has 4 rings (SSSR count). The number of thioether (sulfide) groups is 1. The van der Waals surface area contributed by atoms with Crippen LogP contribution in [0.3, 0.4) is 0 Å². The molecule has 0 unspecified atom stereocenters. The van der Waals surface area contributed by atoms with Crippen molar-refractivity contribution in [3.05, 3.63) is 42.7 Å². The molecule has 0 saturated carbocycles. The number of ether oxygens (including phenoxy) is 2.